The first-order chi connectivity index (χ1) is 9.38. The predicted molar refractivity (Wildman–Crippen MR) is 78.7 cm³/mol. The first kappa shape index (κ1) is 15.0. The molecule has 3 N–H and O–H groups in total. The standard InChI is InChI=1S/C14H16BrNO4/c1-8-3-10(15)4-9-5-11(20-12(8)9)13(19)16-14(2,6-17)7-18/h3-5,17-18H,6-7H2,1-2H3,(H,16,19). The van der Waals surface area contributed by atoms with E-state index in [9.17, 15) is 15.0 Å². The van der Waals surface area contributed by atoms with Crippen LogP contribution in [0.5, 0.6) is 0 Å². The third kappa shape index (κ3) is 2.87. The molecule has 2 aromatic rings. The van der Waals surface area contributed by atoms with Crippen molar-refractivity contribution in [3.05, 3.63) is 34.0 Å². The molecule has 2 rings (SSSR count). The van der Waals surface area contributed by atoms with E-state index < -0.39 is 11.4 Å². The fourth-order valence-corrected chi connectivity index (χ4v) is 2.45. The Balaban J connectivity index is 2.34. The number of hydrogen-bond donors (Lipinski definition) is 3. The molecule has 0 bridgehead atoms. The molecule has 108 valence electrons. The van der Waals surface area contributed by atoms with Crippen LogP contribution in [0.15, 0.2) is 27.1 Å². The van der Waals surface area contributed by atoms with Gasteiger partial charge in [-0.1, -0.05) is 15.9 Å². The van der Waals surface area contributed by atoms with Gasteiger partial charge in [0, 0.05) is 9.86 Å². The predicted octanol–water partition coefficient (Wildman–Crippen LogP) is 1.98. The summed E-state index contributed by atoms with van der Waals surface area (Å²) in [4.78, 5) is 12.1. The van der Waals surface area contributed by atoms with Crippen molar-refractivity contribution >= 4 is 32.8 Å². The van der Waals surface area contributed by atoms with Crippen LogP contribution < -0.4 is 5.32 Å². The molecule has 6 heteroatoms. The lowest BCUT2D eigenvalue weighted by atomic mass is 10.1. The van der Waals surface area contributed by atoms with E-state index in [1.807, 2.05) is 19.1 Å². The third-order valence-corrected chi connectivity index (χ3v) is 3.56. The Kier molecular flexibility index (Phi) is 4.17. The Morgan fingerprint density at radius 3 is 2.60 bits per heavy atom. The van der Waals surface area contributed by atoms with E-state index in [0.29, 0.717) is 5.58 Å². The maximum absolute atomic E-state index is 12.1. The Hall–Kier alpha value is -1.37. The highest BCUT2D eigenvalue weighted by Crippen LogP contribution is 2.27. The molecule has 1 aromatic carbocycles. The van der Waals surface area contributed by atoms with Crippen molar-refractivity contribution in [2.24, 2.45) is 0 Å². The zero-order valence-electron chi connectivity index (χ0n) is 11.2. The molecule has 5 nitrogen and oxygen atoms in total. The second kappa shape index (κ2) is 5.55. The minimum absolute atomic E-state index is 0.148. The fraction of sp³-hybridized carbons (Fsp3) is 0.357. The molecular formula is C14H16BrNO4. The number of aliphatic hydroxyl groups is 2. The van der Waals surface area contributed by atoms with Crippen molar-refractivity contribution in [3.63, 3.8) is 0 Å². The van der Waals surface area contributed by atoms with Crippen LogP contribution >= 0.6 is 15.9 Å². The van der Waals surface area contributed by atoms with E-state index in [2.05, 4.69) is 21.2 Å². The molecule has 0 saturated carbocycles. The zero-order chi connectivity index (χ0) is 14.9. The summed E-state index contributed by atoms with van der Waals surface area (Å²) in [6.45, 7) is 2.72. The summed E-state index contributed by atoms with van der Waals surface area (Å²) >= 11 is 3.39. The molecular weight excluding hydrogens is 326 g/mol. The van der Waals surface area contributed by atoms with E-state index in [-0.39, 0.29) is 19.0 Å². The number of hydrogen-bond acceptors (Lipinski definition) is 4. The number of rotatable bonds is 4. The van der Waals surface area contributed by atoms with Crippen LogP contribution in [0, 0.1) is 6.92 Å². The number of aryl methyl sites for hydroxylation is 1. The Bertz CT molecular complexity index is 646. The summed E-state index contributed by atoms with van der Waals surface area (Å²) in [6, 6.07) is 5.40. The largest absolute Gasteiger partial charge is 0.451 e. The topological polar surface area (TPSA) is 82.7 Å². The summed E-state index contributed by atoms with van der Waals surface area (Å²) in [5.41, 5.74) is 0.486. The van der Waals surface area contributed by atoms with Gasteiger partial charge in [0.15, 0.2) is 5.76 Å². The van der Waals surface area contributed by atoms with Crippen LogP contribution in [0.4, 0.5) is 0 Å². The number of nitrogens with one attached hydrogen (secondary N) is 1. The van der Waals surface area contributed by atoms with Gasteiger partial charge in [-0.25, -0.2) is 0 Å². The van der Waals surface area contributed by atoms with Gasteiger partial charge in [0.2, 0.25) is 0 Å². The highest BCUT2D eigenvalue weighted by Gasteiger charge is 2.26. The monoisotopic (exact) mass is 341 g/mol. The molecule has 1 aromatic heterocycles. The third-order valence-electron chi connectivity index (χ3n) is 3.10. The molecule has 0 aliphatic rings. The fourth-order valence-electron chi connectivity index (χ4n) is 1.86. The van der Waals surface area contributed by atoms with Crippen LogP contribution in [-0.2, 0) is 0 Å². The van der Waals surface area contributed by atoms with Crippen LogP contribution in [0.25, 0.3) is 11.0 Å². The average molecular weight is 342 g/mol. The van der Waals surface area contributed by atoms with Gasteiger partial charge >= 0.3 is 0 Å². The van der Waals surface area contributed by atoms with Gasteiger partial charge in [-0.3, -0.25) is 4.79 Å². The molecule has 0 atom stereocenters. The zero-order valence-corrected chi connectivity index (χ0v) is 12.8. The maximum Gasteiger partial charge on any atom is 0.287 e. The molecule has 0 radical (unpaired) electrons. The SMILES string of the molecule is Cc1cc(Br)cc2cc(C(=O)NC(C)(CO)CO)oc12. The van der Waals surface area contributed by atoms with E-state index in [1.54, 1.807) is 13.0 Å². The van der Waals surface area contributed by atoms with Crippen molar-refractivity contribution in [3.8, 4) is 0 Å². The summed E-state index contributed by atoms with van der Waals surface area (Å²) in [6.07, 6.45) is 0. The van der Waals surface area contributed by atoms with Crippen LogP contribution in [0.2, 0.25) is 0 Å². The summed E-state index contributed by atoms with van der Waals surface area (Å²) < 4.78 is 6.46. The van der Waals surface area contributed by atoms with Crippen molar-refractivity contribution < 1.29 is 19.4 Å². The van der Waals surface area contributed by atoms with Gasteiger partial charge in [0.1, 0.15) is 5.58 Å². The lowest BCUT2D eigenvalue weighted by Crippen LogP contribution is -2.51. The van der Waals surface area contributed by atoms with E-state index >= 15 is 0 Å². The molecule has 0 unspecified atom stereocenters. The Morgan fingerprint density at radius 2 is 2.00 bits per heavy atom. The normalized spacial score (nSPS) is 11.8. The van der Waals surface area contributed by atoms with Crippen molar-refractivity contribution in [1.82, 2.24) is 5.32 Å². The van der Waals surface area contributed by atoms with Gasteiger partial charge in [-0.15, -0.1) is 0 Å². The van der Waals surface area contributed by atoms with Crippen molar-refractivity contribution in [1.29, 1.82) is 0 Å². The van der Waals surface area contributed by atoms with Crippen LogP contribution in [0.1, 0.15) is 23.0 Å². The number of benzene rings is 1. The van der Waals surface area contributed by atoms with Gasteiger partial charge in [0.05, 0.1) is 18.8 Å². The van der Waals surface area contributed by atoms with E-state index in [0.717, 1.165) is 15.4 Å². The number of carbonyl (C=O) groups excluding carboxylic acids is 1. The number of halogens is 1. The average Bonchev–Trinajstić information content (AvgIpc) is 2.82. The number of furan rings is 1. The van der Waals surface area contributed by atoms with E-state index in [4.69, 9.17) is 4.42 Å². The number of carbonyl (C=O) groups is 1. The summed E-state index contributed by atoms with van der Waals surface area (Å²) in [5.74, 6) is -0.323. The van der Waals surface area contributed by atoms with Gasteiger partial charge < -0.3 is 19.9 Å². The lowest BCUT2D eigenvalue weighted by molar-refractivity contribution is 0.0702. The Labute approximate surface area is 124 Å². The van der Waals surface area contributed by atoms with Crippen LogP contribution in [0.3, 0.4) is 0 Å². The quantitative estimate of drug-likeness (QED) is 0.794. The molecule has 0 spiro atoms. The van der Waals surface area contributed by atoms with Crippen LogP contribution in [-0.4, -0.2) is 34.9 Å². The van der Waals surface area contributed by atoms with Gasteiger partial charge in [-0.2, -0.15) is 0 Å². The second-order valence-corrected chi connectivity index (χ2v) is 6.00. The summed E-state index contributed by atoms with van der Waals surface area (Å²) in [7, 11) is 0. The number of fused-ring (bicyclic) bond motifs is 1. The maximum atomic E-state index is 12.1. The minimum atomic E-state index is -1.08. The first-order valence-electron chi connectivity index (χ1n) is 6.12. The number of aliphatic hydroxyl groups excluding tert-OH is 2. The summed E-state index contributed by atoms with van der Waals surface area (Å²) in [5, 5.41) is 21.8. The van der Waals surface area contributed by atoms with Crippen molar-refractivity contribution in [2.45, 2.75) is 19.4 Å². The van der Waals surface area contributed by atoms with Gasteiger partial charge in [0.25, 0.3) is 5.91 Å². The van der Waals surface area contributed by atoms with Gasteiger partial charge in [-0.05, 0) is 37.6 Å². The number of amides is 1. The van der Waals surface area contributed by atoms with E-state index in [1.165, 1.54) is 0 Å². The Morgan fingerprint density at radius 1 is 1.35 bits per heavy atom. The highest BCUT2D eigenvalue weighted by atomic mass is 79.9. The molecule has 0 saturated heterocycles. The minimum Gasteiger partial charge on any atom is -0.451 e. The lowest BCUT2D eigenvalue weighted by Gasteiger charge is -2.25. The molecule has 0 aliphatic heterocycles. The molecule has 20 heavy (non-hydrogen) atoms. The first-order valence-corrected chi connectivity index (χ1v) is 6.92. The second-order valence-electron chi connectivity index (χ2n) is 5.08. The molecule has 1 amide bonds. The highest BCUT2D eigenvalue weighted by molar-refractivity contribution is 9.10. The molecule has 0 fully saturated rings. The molecule has 0 aliphatic carbocycles. The smallest absolute Gasteiger partial charge is 0.287 e. The van der Waals surface area contributed by atoms with Crippen molar-refractivity contribution in [2.75, 3.05) is 13.2 Å². The molecule has 1 heterocycles.